The molecule has 8 heteroatoms. The molecule has 0 atom stereocenters. The first-order valence-corrected chi connectivity index (χ1v) is 13.9. The summed E-state index contributed by atoms with van der Waals surface area (Å²) < 4.78 is 40.2. The molecule has 0 saturated heterocycles. The van der Waals surface area contributed by atoms with E-state index in [1.165, 1.54) is 7.11 Å². The Labute approximate surface area is 230 Å². The lowest BCUT2D eigenvalue weighted by molar-refractivity contribution is -0.114. The van der Waals surface area contributed by atoms with Crippen molar-refractivity contribution in [3.63, 3.8) is 0 Å². The molecule has 0 radical (unpaired) electrons. The predicted molar refractivity (Wildman–Crippen MR) is 154 cm³/mol. The molecule has 202 valence electrons. The number of ether oxygens (including phenoxy) is 2. The molecule has 1 amide bonds. The first-order chi connectivity index (χ1) is 18.7. The van der Waals surface area contributed by atoms with Gasteiger partial charge >= 0.3 is 0 Å². The number of carbonyl (C=O) groups is 1. The Bertz CT molecular complexity index is 1530. The third-order valence-corrected chi connectivity index (χ3v) is 7.85. The van der Waals surface area contributed by atoms with E-state index in [4.69, 9.17) is 9.47 Å². The van der Waals surface area contributed by atoms with Gasteiger partial charge in [-0.25, -0.2) is 8.42 Å². The summed E-state index contributed by atoms with van der Waals surface area (Å²) in [5, 5.41) is 2.80. The topological polar surface area (TPSA) is 84.9 Å². The van der Waals surface area contributed by atoms with E-state index in [0.717, 1.165) is 26.6 Å². The molecule has 0 aliphatic rings. The van der Waals surface area contributed by atoms with Gasteiger partial charge in [0.15, 0.2) is 0 Å². The van der Waals surface area contributed by atoms with Crippen LogP contribution < -0.4 is 19.1 Å². The van der Waals surface area contributed by atoms with Crippen LogP contribution in [0, 0.1) is 20.8 Å². The van der Waals surface area contributed by atoms with Crippen molar-refractivity contribution in [1.82, 2.24) is 0 Å². The van der Waals surface area contributed by atoms with Crippen molar-refractivity contribution in [2.45, 2.75) is 32.3 Å². The first-order valence-electron chi connectivity index (χ1n) is 12.5. The minimum Gasteiger partial charge on any atom is -0.495 e. The molecular formula is C31H32N2O5S. The van der Waals surface area contributed by atoms with Crippen LogP contribution in [0.1, 0.15) is 22.3 Å². The van der Waals surface area contributed by atoms with Crippen LogP contribution in [-0.2, 0) is 21.4 Å². The maximum atomic E-state index is 14.0. The number of carbonyl (C=O) groups excluding carboxylic acids is 1. The molecule has 1 N–H and O–H groups in total. The van der Waals surface area contributed by atoms with Gasteiger partial charge in [-0.15, -0.1) is 0 Å². The third kappa shape index (κ3) is 6.97. The van der Waals surface area contributed by atoms with E-state index in [9.17, 15) is 13.2 Å². The zero-order chi connectivity index (χ0) is 28.0. The molecule has 0 aliphatic carbocycles. The van der Waals surface area contributed by atoms with Gasteiger partial charge in [-0.05, 0) is 91.6 Å². The van der Waals surface area contributed by atoms with E-state index in [2.05, 4.69) is 5.32 Å². The summed E-state index contributed by atoms with van der Waals surface area (Å²) in [4.78, 5) is 13.2. The van der Waals surface area contributed by atoms with Gasteiger partial charge in [-0.2, -0.15) is 0 Å². The third-order valence-electron chi connectivity index (χ3n) is 6.06. The molecule has 0 heterocycles. The van der Waals surface area contributed by atoms with Gasteiger partial charge in [0.2, 0.25) is 5.91 Å². The molecule has 4 aromatic rings. The first kappa shape index (κ1) is 27.7. The lowest BCUT2D eigenvalue weighted by atomic mass is 10.1. The maximum Gasteiger partial charge on any atom is 0.268 e. The fourth-order valence-electron chi connectivity index (χ4n) is 4.22. The molecule has 39 heavy (non-hydrogen) atoms. The lowest BCUT2D eigenvalue weighted by Gasteiger charge is -2.26. The van der Waals surface area contributed by atoms with Crippen LogP contribution in [-0.4, -0.2) is 28.0 Å². The van der Waals surface area contributed by atoms with Crippen molar-refractivity contribution in [2.75, 3.05) is 23.3 Å². The van der Waals surface area contributed by atoms with Crippen molar-refractivity contribution < 1.29 is 22.7 Å². The number of benzene rings is 4. The van der Waals surface area contributed by atoms with Gasteiger partial charge in [0.25, 0.3) is 10.0 Å². The van der Waals surface area contributed by atoms with E-state index in [1.807, 2.05) is 50.2 Å². The van der Waals surface area contributed by atoms with Crippen molar-refractivity contribution >= 4 is 27.3 Å². The molecule has 4 aromatic carbocycles. The molecule has 0 fully saturated rings. The van der Waals surface area contributed by atoms with Crippen LogP contribution in [0.3, 0.4) is 0 Å². The van der Waals surface area contributed by atoms with Crippen LogP contribution in [0.25, 0.3) is 0 Å². The van der Waals surface area contributed by atoms with E-state index in [1.54, 1.807) is 61.5 Å². The standard InChI is InChI=1S/C31H32N2O5S/c1-22-10-15-29(37-4)30(19-22)39(35,36)33(27-17-23(2)16-24(3)18-27)20-31(34)32-26-11-13-28(14-12-26)38-21-25-8-6-5-7-9-25/h5-19H,20-21H2,1-4H3,(H,32,34). The Balaban J connectivity index is 1.56. The molecular weight excluding hydrogens is 512 g/mol. The Morgan fingerprint density at radius 1 is 0.821 bits per heavy atom. The highest BCUT2D eigenvalue weighted by atomic mass is 32.2. The summed E-state index contributed by atoms with van der Waals surface area (Å²) in [5.74, 6) is 0.381. The second-order valence-corrected chi connectivity index (χ2v) is 11.2. The largest absolute Gasteiger partial charge is 0.495 e. The number of sulfonamides is 1. The van der Waals surface area contributed by atoms with E-state index in [0.29, 0.717) is 23.7 Å². The fraction of sp³-hybridized carbons (Fsp3) is 0.194. The lowest BCUT2D eigenvalue weighted by Crippen LogP contribution is -2.38. The van der Waals surface area contributed by atoms with Gasteiger partial charge in [0.05, 0.1) is 12.8 Å². The zero-order valence-electron chi connectivity index (χ0n) is 22.5. The van der Waals surface area contributed by atoms with Gasteiger partial charge in [0.1, 0.15) is 29.5 Å². The van der Waals surface area contributed by atoms with E-state index in [-0.39, 0.29) is 10.6 Å². The van der Waals surface area contributed by atoms with Gasteiger partial charge in [0, 0.05) is 5.69 Å². The van der Waals surface area contributed by atoms with Crippen LogP contribution in [0.5, 0.6) is 11.5 Å². The number of nitrogens with zero attached hydrogens (tertiary/aromatic N) is 1. The van der Waals surface area contributed by atoms with Crippen molar-refractivity contribution in [3.05, 3.63) is 113 Å². The summed E-state index contributed by atoms with van der Waals surface area (Å²) in [6.45, 7) is 5.58. The smallest absolute Gasteiger partial charge is 0.268 e. The molecule has 0 aliphatic heterocycles. The summed E-state index contributed by atoms with van der Waals surface area (Å²) in [6, 6.07) is 27.2. The van der Waals surface area contributed by atoms with Gasteiger partial charge in [-0.1, -0.05) is 42.5 Å². The summed E-state index contributed by atoms with van der Waals surface area (Å²) in [7, 11) is -2.73. The molecule has 7 nitrogen and oxygen atoms in total. The number of methoxy groups -OCH3 is 1. The minimum atomic E-state index is -4.15. The Hall–Kier alpha value is -4.30. The molecule has 4 rings (SSSR count). The number of hydrogen-bond donors (Lipinski definition) is 1. The van der Waals surface area contributed by atoms with Crippen LogP contribution in [0.15, 0.2) is 95.9 Å². The quantitative estimate of drug-likeness (QED) is 0.263. The highest BCUT2D eigenvalue weighted by Gasteiger charge is 2.30. The van der Waals surface area contributed by atoms with Crippen LogP contribution in [0.2, 0.25) is 0 Å². The predicted octanol–water partition coefficient (Wildman–Crippen LogP) is 6.03. The van der Waals surface area contributed by atoms with Crippen molar-refractivity contribution in [3.8, 4) is 11.5 Å². The summed E-state index contributed by atoms with van der Waals surface area (Å²) in [5.41, 5.74) is 4.50. The number of aryl methyl sites for hydroxylation is 3. The van der Waals surface area contributed by atoms with E-state index < -0.39 is 22.5 Å². The Morgan fingerprint density at radius 2 is 1.49 bits per heavy atom. The molecule has 0 saturated carbocycles. The normalized spacial score (nSPS) is 11.1. The zero-order valence-corrected chi connectivity index (χ0v) is 23.3. The second kappa shape index (κ2) is 12.0. The number of amides is 1. The number of anilines is 2. The average Bonchev–Trinajstić information content (AvgIpc) is 2.91. The molecule has 0 aromatic heterocycles. The Morgan fingerprint density at radius 3 is 2.13 bits per heavy atom. The van der Waals surface area contributed by atoms with E-state index >= 15 is 0 Å². The fourth-order valence-corrected chi connectivity index (χ4v) is 5.87. The molecule has 0 unspecified atom stereocenters. The molecule has 0 bridgehead atoms. The highest BCUT2D eigenvalue weighted by Crippen LogP contribution is 2.32. The highest BCUT2D eigenvalue weighted by molar-refractivity contribution is 7.93. The van der Waals surface area contributed by atoms with Gasteiger partial charge in [-0.3, -0.25) is 9.10 Å². The van der Waals surface area contributed by atoms with Crippen molar-refractivity contribution in [2.24, 2.45) is 0 Å². The maximum absolute atomic E-state index is 14.0. The number of hydrogen-bond acceptors (Lipinski definition) is 5. The summed E-state index contributed by atoms with van der Waals surface area (Å²) in [6.07, 6.45) is 0. The SMILES string of the molecule is COc1ccc(C)cc1S(=O)(=O)N(CC(=O)Nc1ccc(OCc2ccccc2)cc1)c1cc(C)cc(C)c1. The van der Waals surface area contributed by atoms with Crippen molar-refractivity contribution in [1.29, 1.82) is 0 Å². The monoisotopic (exact) mass is 544 g/mol. The van der Waals surface area contributed by atoms with Gasteiger partial charge < -0.3 is 14.8 Å². The summed E-state index contributed by atoms with van der Waals surface area (Å²) >= 11 is 0. The number of rotatable bonds is 10. The average molecular weight is 545 g/mol. The number of nitrogens with one attached hydrogen (secondary N) is 1. The minimum absolute atomic E-state index is 0.00289. The Kier molecular flexibility index (Phi) is 8.56. The molecule has 0 spiro atoms. The van der Waals surface area contributed by atoms with Crippen LogP contribution in [0.4, 0.5) is 11.4 Å². The second-order valence-electron chi connectivity index (χ2n) is 9.36. The van der Waals surface area contributed by atoms with Crippen LogP contribution >= 0.6 is 0 Å².